The lowest BCUT2D eigenvalue weighted by molar-refractivity contribution is 0.463. The predicted molar refractivity (Wildman–Crippen MR) is 71.0 cm³/mol. The van der Waals surface area contributed by atoms with E-state index in [9.17, 15) is 0 Å². The van der Waals surface area contributed by atoms with E-state index in [1.54, 1.807) is 0 Å². The van der Waals surface area contributed by atoms with E-state index in [1.165, 1.54) is 41.5 Å². The molecular weight excluding hydrogens is 264 g/mol. The molecule has 2 atom stereocenters. The monoisotopic (exact) mass is 280 g/mol. The van der Waals surface area contributed by atoms with Crippen molar-refractivity contribution in [3.8, 4) is 0 Å². The third kappa shape index (κ3) is 1.76. The molecule has 1 saturated heterocycles. The number of hydrogen-bond acceptors (Lipinski definition) is 2. The quantitative estimate of drug-likeness (QED) is 0.826. The zero-order valence-corrected chi connectivity index (χ0v) is 10.9. The second-order valence-corrected chi connectivity index (χ2v) is 5.58. The average Bonchev–Trinajstić information content (AvgIpc) is 2.82. The molecule has 2 nitrogen and oxygen atoms in total. The fourth-order valence-electron chi connectivity index (χ4n) is 3.02. The Hall–Kier alpha value is -0.540. The molecule has 1 fully saturated rings. The van der Waals surface area contributed by atoms with Crippen molar-refractivity contribution < 1.29 is 0 Å². The van der Waals surface area contributed by atoms with Gasteiger partial charge in [-0.05, 0) is 53.4 Å². The molecule has 2 unspecified atom stereocenters. The van der Waals surface area contributed by atoms with Gasteiger partial charge in [-0.15, -0.1) is 0 Å². The molecule has 0 radical (unpaired) electrons. The van der Waals surface area contributed by atoms with Gasteiger partial charge in [-0.3, -0.25) is 0 Å². The van der Waals surface area contributed by atoms with E-state index >= 15 is 0 Å². The lowest BCUT2D eigenvalue weighted by Crippen LogP contribution is -2.33. The molecule has 16 heavy (non-hydrogen) atoms. The van der Waals surface area contributed by atoms with Crippen LogP contribution in [0.3, 0.4) is 0 Å². The Bertz CT molecular complexity index is 386. The maximum absolute atomic E-state index is 3.64. The molecule has 0 amide bonds. The van der Waals surface area contributed by atoms with Gasteiger partial charge in [0.15, 0.2) is 0 Å². The number of para-hydroxylation sites is 1. The molecule has 2 aliphatic heterocycles. The van der Waals surface area contributed by atoms with Crippen molar-refractivity contribution in [2.24, 2.45) is 0 Å². The second-order valence-electron chi connectivity index (χ2n) is 4.73. The van der Waals surface area contributed by atoms with Gasteiger partial charge < -0.3 is 10.6 Å². The van der Waals surface area contributed by atoms with Crippen LogP contribution in [0.1, 0.15) is 30.7 Å². The van der Waals surface area contributed by atoms with E-state index in [1.807, 2.05) is 0 Å². The maximum Gasteiger partial charge on any atom is 0.0520 e. The Balaban J connectivity index is 1.96. The number of halogens is 1. The standard InChI is InChI=1S/C13H17BrN2/c14-11-4-1-3-10-9(6-8-16-13(10)11)12-5-2-7-15-12/h1,3-4,9,12,15-16H,2,5-8H2. The van der Waals surface area contributed by atoms with Gasteiger partial charge in [-0.1, -0.05) is 12.1 Å². The summed E-state index contributed by atoms with van der Waals surface area (Å²) in [6.07, 6.45) is 3.91. The first-order valence-electron chi connectivity index (χ1n) is 6.12. The van der Waals surface area contributed by atoms with Crippen molar-refractivity contribution >= 4 is 21.6 Å². The Kier molecular flexibility index (Phi) is 2.90. The highest BCUT2D eigenvalue weighted by Gasteiger charge is 2.30. The van der Waals surface area contributed by atoms with Crippen molar-refractivity contribution in [3.63, 3.8) is 0 Å². The van der Waals surface area contributed by atoms with Gasteiger partial charge >= 0.3 is 0 Å². The van der Waals surface area contributed by atoms with Crippen LogP contribution in [0.15, 0.2) is 22.7 Å². The molecular formula is C13H17BrN2. The van der Waals surface area contributed by atoms with Crippen LogP contribution in [-0.4, -0.2) is 19.1 Å². The molecule has 1 aromatic rings. The molecule has 0 aromatic heterocycles. The van der Waals surface area contributed by atoms with Crippen LogP contribution in [0.25, 0.3) is 0 Å². The Morgan fingerprint density at radius 3 is 2.94 bits per heavy atom. The van der Waals surface area contributed by atoms with Crippen molar-refractivity contribution in [1.82, 2.24) is 5.32 Å². The van der Waals surface area contributed by atoms with Crippen molar-refractivity contribution in [2.45, 2.75) is 31.2 Å². The molecule has 0 aliphatic carbocycles. The fraction of sp³-hybridized carbons (Fsp3) is 0.538. The van der Waals surface area contributed by atoms with Crippen molar-refractivity contribution in [2.75, 3.05) is 18.4 Å². The van der Waals surface area contributed by atoms with E-state index in [2.05, 4.69) is 44.8 Å². The zero-order chi connectivity index (χ0) is 11.0. The third-order valence-corrected chi connectivity index (χ3v) is 4.45. The van der Waals surface area contributed by atoms with Crippen molar-refractivity contribution in [1.29, 1.82) is 0 Å². The summed E-state index contributed by atoms with van der Waals surface area (Å²) in [5, 5.41) is 7.15. The first-order chi connectivity index (χ1) is 7.86. The molecule has 3 rings (SSSR count). The average molecular weight is 281 g/mol. The minimum absolute atomic E-state index is 0.690. The summed E-state index contributed by atoms with van der Waals surface area (Å²) in [7, 11) is 0. The van der Waals surface area contributed by atoms with E-state index in [0.29, 0.717) is 12.0 Å². The summed E-state index contributed by atoms with van der Waals surface area (Å²) in [6, 6.07) is 7.24. The molecule has 0 spiro atoms. The largest absolute Gasteiger partial charge is 0.384 e. The van der Waals surface area contributed by atoms with Crippen molar-refractivity contribution in [3.05, 3.63) is 28.2 Å². The number of nitrogens with one attached hydrogen (secondary N) is 2. The van der Waals surface area contributed by atoms with Gasteiger partial charge in [-0.25, -0.2) is 0 Å². The minimum Gasteiger partial charge on any atom is -0.384 e. The summed E-state index contributed by atoms with van der Waals surface area (Å²) in [6.45, 7) is 2.29. The lowest BCUT2D eigenvalue weighted by Gasteiger charge is -2.31. The molecule has 2 N–H and O–H groups in total. The number of benzene rings is 1. The summed E-state index contributed by atoms with van der Waals surface area (Å²) in [5.41, 5.74) is 2.80. The SMILES string of the molecule is Brc1cccc2c1NCCC2C1CCCN1. The van der Waals surface area contributed by atoms with Crippen LogP contribution in [-0.2, 0) is 0 Å². The highest BCUT2D eigenvalue weighted by molar-refractivity contribution is 9.10. The zero-order valence-electron chi connectivity index (χ0n) is 9.30. The highest BCUT2D eigenvalue weighted by atomic mass is 79.9. The number of hydrogen-bond donors (Lipinski definition) is 2. The summed E-state index contributed by atoms with van der Waals surface area (Å²) in [5.74, 6) is 0.691. The summed E-state index contributed by atoms with van der Waals surface area (Å²) >= 11 is 3.64. The molecule has 3 heteroatoms. The van der Waals surface area contributed by atoms with E-state index < -0.39 is 0 Å². The molecule has 2 aliphatic rings. The first-order valence-corrected chi connectivity index (χ1v) is 6.91. The first kappa shape index (κ1) is 10.6. The molecule has 1 aromatic carbocycles. The van der Waals surface area contributed by atoms with Gasteiger partial charge in [0.1, 0.15) is 0 Å². The van der Waals surface area contributed by atoms with Gasteiger partial charge in [0.05, 0.1) is 5.69 Å². The number of anilines is 1. The number of fused-ring (bicyclic) bond motifs is 1. The summed E-state index contributed by atoms with van der Waals surface area (Å²) in [4.78, 5) is 0. The van der Waals surface area contributed by atoms with Gasteiger partial charge in [0.25, 0.3) is 0 Å². The Morgan fingerprint density at radius 2 is 2.12 bits per heavy atom. The molecule has 0 saturated carbocycles. The van der Waals surface area contributed by atoms with Gasteiger partial charge in [-0.2, -0.15) is 0 Å². The van der Waals surface area contributed by atoms with E-state index in [0.717, 1.165) is 6.54 Å². The van der Waals surface area contributed by atoms with E-state index in [4.69, 9.17) is 0 Å². The second kappa shape index (κ2) is 4.38. The van der Waals surface area contributed by atoms with Crippen LogP contribution in [0.4, 0.5) is 5.69 Å². The smallest absolute Gasteiger partial charge is 0.0520 e. The van der Waals surface area contributed by atoms with Gasteiger partial charge in [0.2, 0.25) is 0 Å². The molecule has 2 heterocycles. The summed E-state index contributed by atoms with van der Waals surface area (Å²) < 4.78 is 1.20. The number of rotatable bonds is 1. The Labute approximate surface area is 105 Å². The lowest BCUT2D eigenvalue weighted by atomic mass is 9.84. The predicted octanol–water partition coefficient (Wildman–Crippen LogP) is 3.10. The van der Waals surface area contributed by atoms with Crippen LogP contribution in [0.2, 0.25) is 0 Å². The van der Waals surface area contributed by atoms with Crippen LogP contribution in [0, 0.1) is 0 Å². The fourth-order valence-corrected chi connectivity index (χ4v) is 3.54. The Morgan fingerprint density at radius 1 is 1.19 bits per heavy atom. The highest BCUT2D eigenvalue weighted by Crippen LogP contribution is 2.39. The minimum atomic E-state index is 0.690. The maximum atomic E-state index is 3.64. The normalized spacial score (nSPS) is 28.6. The molecule has 86 valence electrons. The van der Waals surface area contributed by atoms with Crippen LogP contribution >= 0.6 is 15.9 Å². The van der Waals surface area contributed by atoms with Crippen LogP contribution < -0.4 is 10.6 Å². The van der Waals surface area contributed by atoms with Crippen LogP contribution in [0.5, 0.6) is 0 Å². The van der Waals surface area contributed by atoms with Gasteiger partial charge in [0, 0.05) is 23.0 Å². The van der Waals surface area contributed by atoms with E-state index in [-0.39, 0.29) is 0 Å². The third-order valence-electron chi connectivity index (χ3n) is 3.79. The molecule has 0 bridgehead atoms. The topological polar surface area (TPSA) is 24.1 Å².